The Labute approximate surface area is 86.3 Å². The molecule has 0 fully saturated rings. The van der Waals surface area contributed by atoms with Crippen LogP contribution in [0.4, 0.5) is 8.78 Å². The van der Waals surface area contributed by atoms with Crippen molar-refractivity contribution in [3.05, 3.63) is 34.7 Å². The lowest BCUT2D eigenvalue weighted by molar-refractivity contribution is 0.611. The van der Waals surface area contributed by atoms with Crippen LogP contribution in [0.2, 0.25) is 0 Å². The summed E-state index contributed by atoms with van der Waals surface area (Å²) in [6, 6.07) is 2.97. The molecule has 1 heterocycles. The van der Waals surface area contributed by atoms with Crippen LogP contribution < -0.4 is 0 Å². The van der Waals surface area contributed by atoms with Gasteiger partial charge in [-0.3, -0.25) is 0 Å². The van der Waals surface area contributed by atoms with Crippen LogP contribution in [0.5, 0.6) is 0 Å². The standard InChI is InChI=1S/C9H5BrF2S/c10-3-5-1-2-6(11)8-7(12)4-13-9(5)8/h1-2,4H,3H2. The van der Waals surface area contributed by atoms with Crippen LogP contribution in [0.1, 0.15) is 5.56 Å². The normalized spacial score (nSPS) is 11.0. The van der Waals surface area contributed by atoms with Gasteiger partial charge in [-0.2, -0.15) is 0 Å². The second-order valence-corrected chi connectivity index (χ2v) is 4.07. The summed E-state index contributed by atoms with van der Waals surface area (Å²) < 4.78 is 26.9. The van der Waals surface area contributed by atoms with Gasteiger partial charge in [0, 0.05) is 15.4 Å². The molecule has 0 bridgehead atoms. The molecule has 13 heavy (non-hydrogen) atoms. The topological polar surface area (TPSA) is 0 Å². The van der Waals surface area contributed by atoms with Crippen LogP contribution in [-0.4, -0.2) is 0 Å². The number of halogens is 3. The molecule has 0 aliphatic carbocycles. The smallest absolute Gasteiger partial charge is 0.144 e. The van der Waals surface area contributed by atoms with E-state index in [4.69, 9.17) is 0 Å². The molecule has 0 unspecified atom stereocenters. The molecular formula is C9H5BrF2S. The molecule has 0 radical (unpaired) electrons. The molecule has 4 heteroatoms. The van der Waals surface area contributed by atoms with E-state index in [1.165, 1.54) is 22.8 Å². The van der Waals surface area contributed by atoms with Crippen molar-refractivity contribution < 1.29 is 8.78 Å². The molecule has 0 atom stereocenters. The Bertz CT molecular complexity index is 450. The molecular weight excluding hydrogens is 258 g/mol. The Morgan fingerprint density at radius 2 is 2.00 bits per heavy atom. The summed E-state index contributed by atoms with van der Waals surface area (Å²) in [7, 11) is 0. The van der Waals surface area contributed by atoms with Crippen molar-refractivity contribution in [2.75, 3.05) is 0 Å². The molecule has 0 amide bonds. The summed E-state index contributed by atoms with van der Waals surface area (Å²) in [6.45, 7) is 0. The first kappa shape index (κ1) is 9.09. The average molecular weight is 263 g/mol. The number of thiophene rings is 1. The second-order valence-electron chi connectivity index (χ2n) is 2.63. The van der Waals surface area contributed by atoms with Gasteiger partial charge in [-0.05, 0) is 11.6 Å². The van der Waals surface area contributed by atoms with Gasteiger partial charge in [0.15, 0.2) is 0 Å². The van der Waals surface area contributed by atoms with Crippen LogP contribution in [0.3, 0.4) is 0 Å². The largest absolute Gasteiger partial charge is 0.206 e. The molecule has 0 saturated heterocycles. The van der Waals surface area contributed by atoms with E-state index in [1.54, 1.807) is 6.07 Å². The van der Waals surface area contributed by atoms with Gasteiger partial charge in [0.1, 0.15) is 11.6 Å². The molecule has 1 aromatic carbocycles. The van der Waals surface area contributed by atoms with Crippen molar-refractivity contribution in [1.29, 1.82) is 0 Å². The van der Waals surface area contributed by atoms with Crippen LogP contribution in [0, 0.1) is 11.6 Å². The van der Waals surface area contributed by atoms with Crippen molar-refractivity contribution >= 4 is 37.4 Å². The second kappa shape index (κ2) is 3.35. The molecule has 0 nitrogen and oxygen atoms in total. The molecule has 0 aliphatic rings. The van der Waals surface area contributed by atoms with Crippen LogP contribution in [0.15, 0.2) is 17.5 Å². The third-order valence-corrected chi connectivity index (χ3v) is 3.48. The number of alkyl halides is 1. The first-order valence-corrected chi connectivity index (χ1v) is 5.64. The van der Waals surface area contributed by atoms with Gasteiger partial charge >= 0.3 is 0 Å². The fourth-order valence-corrected chi connectivity index (χ4v) is 2.83. The molecule has 0 aliphatic heterocycles. The first-order chi connectivity index (χ1) is 6.24. The van der Waals surface area contributed by atoms with E-state index < -0.39 is 11.6 Å². The van der Waals surface area contributed by atoms with E-state index in [1.807, 2.05) is 0 Å². The van der Waals surface area contributed by atoms with Crippen molar-refractivity contribution in [3.8, 4) is 0 Å². The van der Waals surface area contributed by atoms with E-state index in [0.717, 1.165) is 5.56 Å². The third-order valence-electron chi connectivity index (χ3n) is 1.85. The maximum atomic E-state index is 13.1. The Hall–Kier alpha value is -0.480. The summed E-state index contributed by atoms with van der Waals surface area (Å²) in [5.74, 6) is -0.959. The SMILES string of the molecule is Fc1ccc(CBr)c2scc(F)c12. The summed E-state index contributed by atoms with van der Waals surface area (Å²) in [5.41, 5.74) is 0.922. The van der Waals surface area contributed by atoms with Gasteiger partial charge in [-0.25, -0.2) is 8.78 Å². The zero-order chi connectivity index (χ0) is 9.42. The molecule has 0 spiro atoms. The number of rotatable bonds is 1. The minimum atomic E-state index is -0.488. The van der Waals surface area contributed by atoms with Gasteiger partial charge in [-0.15, -0.1) is 11.3 Å². The highest BCUT2D eigenvalue weighted by Crippen LogP contribution is 2.31. The number of benzene rings is 1. The molecule has 1 aromatic heterocycles. The number of hydrogen-bond acceptors (Lipinski definition) is 1. The molecule has 0 N–H and O–H groups in total. The molecule has 0 saturated carbocycles. The van der Waals surface area contributed by atoms with Gasteiger partial charge < -0.3 is 0 Å². The van der Waals surface area contributed by atoms with Crippen LogP contribution in [-0.2, 0) is 5.33 Å². The highest BCUT2D eigenvalue weighted by Gasteiger charge is 2.11. The highest BCUT2D eigenvalue weighted by molar-refractivity contribution is 9.08. The lowest BCUT2D eigenvalue weighted by atomic mass is 10.2. The lowest BCUT2D eigenvalue weighted by Gasteiger charge is -1.98. The van der Waals surface area contributed by atoms with Crippen LogP contribution in [0.25, 0.3) is 10.1 Å². The molecule has 2 aromatic rings. The maximum absolute atomic E-state index is 13.1. The minimum absolute atomic E-state index is 0.113. The highest BCUT2D eigenvalue weighted by atomic mass is 79.9. The zero-order valence-corrected chi connectivity index (χ0v) is 8.88. The zero-order valence-electron chi connectivity index (χ0n) is 6.48. The predicted octanol–water partition coefficient (Wildman–Crippen LogP) is 4.07. The molecule has 68 valence electrons. The third kappa shape index (κ3) is 1.38. The van der Waals surface area contributed by atoms with E-state index in [9.17, 15) is 8.78 Å². The van der Waals surface area contributed by atoms with Gasteiger partial charge in [0.25, 0.3) is 0 Å². The fourth-order valence-electron chi connectivity index (χ4n) is 1.23. The Balaban J connectivity index is 2.87. The summed E-state index contributed by atoms with van der Waals surface area (Å²) >= 11 is 4.51. The summed E-state index contributed by atoms with van der Waals surface area (Å²) in [5, 5.41) is 2.06. The van der Waals surface area contributed by atoms with E-state index in [-0.39, 0.29) is 5.39 Å². The van der Waals surface area contributed by atoms with Gasteiger partial charge in [0.05, 0.1) is 5.39 Å². The minimum Gasteiger partial charge on any atom is -0.206 e. The average Bonchev–Trinajstić information content (AvgIpc) is 2.50. The maximum Gasteiger partial charge on any atom is 0.144 e. The van der Waals surface area contributed by atoms with Gasteiger partial charge in [0.2, 0.25) is 0 Å². The lowest BCUT2D eigenvalue weighted by Crippen LogP contribution is -1.82. The first-order valence-electron chi connectivity index (χ1n) is 3.64. The Morgan fingerprint density at radius 1 is 1.23 bits per heavy atom. The van der Waals surface area contributed by atoms with Crippen molar-refractivity contribution in [3.63, 3.8) is 0 Å². The summed E-state index contributed by atoms with van der Waals surface area (Å²) in [6.07, 6.45) is 0. The number of fused-ring (bicyclic) bond motifs is 1. The Kier molecular flexibility index (Phi) is 2.34. The van der Waals surface area contributed by atoms with Crippen molar-refractivity contribution in [1.82, 2.24) is 0 Å². The number of hydrogen-bond donors (Lipinski definition) is 0. The van der Waals surface area contributed by atoms with E-state index in [0.29, 0.717) is 10.0 Å². The van der Waals surface area contributed by atoms with E-state index >= 15 is 0 Å². The quantitative estimate of drug-likeness (QED) is 0.680. The summed E-state index contributed by atoms with van der Waals surface area (Å²) in [4.78, 5) is 0. The fraction of sp³-hybridized carbons (Fsp3) is 0.111. The monoisotopic (exact) mass is 262 g/mol. The van der Waals surface area contributed by atoms with Crippen molar-refractivity contribution in [2.24, 2.45) is 0 Å². The Morgan fingerprint density at radius 3 is 2.69 bits per heavy atom. The molecule has 2 rings (SSSR count). The predicted molar refractivity (Wildman–Crippen MR) is 54.4 cm³/mol. The van der Waals surface area contributed by atoms with Crippen molar-refractivity contribution in [2.45, 2.75) is 5.33 Å². The van der Waals surface area contributed by atoms with Crippen LogP contribution >= 0.6 is 27.3 Å². The van der Waals surface area contributed by atoms with Gasteiger partial charge in [-0.1, -0.05) is 22.0 Å². The van der Waals surface area contributed by atoms with E-state index in [2.05, 4.69) is 15.9 Å².